The van der Waals surface area contributed by atoms with Crippen molar-refractivity contribution in [1.82, 2.24) is 4.90 Å². The molecule has 1 fully saturated rings. The van der Waals surface area contributed by atoms with E-state index in [0.29, 0.717) is 21.8 Å². The largest absolute Gasteiger partial charge is 0.378 e. The maximum absolute atomic E-state index is 12.9. The van der Waals surface area contributed by atoms with Crippen LogP contribution in [0.4, 0.5) is 10.5 Å². The van der Waals surface area contributed by atoms with Crippen LogP contribution in [0.15, 0.2) is 82.6 Å². The summed E-state index contributed by atoms with van der Waals surface area (Å²) in [5.41, 5.74) is 1.45. The first-order valence-corrected chi connectivity index (χ1v) is 13.1. The summed E-state index contributed by atoms with van der Waals surface area (Å²) in [5.74, 6) is -0.797. The van der Waals surface area contributed by atoms with Crippen molar-refractivity contribution in [2.45, 2.75) is 18.4 Å². The molecular weight excluding hydrogens is 524 g/mol. The highest BCUT2D eigenvalue weighted by Crippen LogP contribution is 2.35. The Hall–Kier alpha value is -3.60. The molecule has 1 heterocycles. The zero-order chi connectivity index (χ0) is 25.9. The first kappa shape index (κ1) is 25.5. The number of carbonyl (C=O) groups excluding carboxylic acids is 3. The van der Waals surface area contributed by atoms with E-state index in [1.807, 2.05) is 0 Å². The van der Waals surface area contributed by atoms with Crippen LogP contribution in [0.2, 0.25) is 5.02 Å². The van der Waals surface area contributed by atoms with Crippen LogP contribution >= 0.6 is 23.4 Å². The highest BCUT2D eigenvalue weighted by atomic mass is 35.5. The third kappa shape index (κ3) is 5.96. The summed E-state index contributed by atoms with van der Waals surface area (Å²) in [7, 11) is -4.22. The van der Waals surface area contributed by atoms with Gasteiger partial charge in [0.25, 0.3) is 11.1 Å². The molecule has 0 aromatic heterocycles. The first-order chi connectivity index (χ1) is 17.1. The number of imide groups is 1. The van der Waals surface area contributed by atoms with Gasteiger partial charge in [-0.3, -0.25) is 19.3 Å². The lowest BCUT2D eigenvalue weighted by atomic mass is 10.2. The van der Waals surface area contributed by atoms with Gasteiger partial charge in [0, 0.05) is 23.2 Å². The van der Waals surface area contributed by atoms with Gasteiger partial charge >= 0.3 is 10.1 Å². The fraction of sp³-hybridized carbons (Fsp3) is 0.0800. The fourth-order valence-electron chi connectivity index (χ4n) is 3.35. The predicted octanol–water partition coefficient (Wildman–Crippen LogP) is 5.30. The van der Waals surface area contributed by atoms with E-state index in [4.69, 9.17) is 15.8 Å². The zero-order valence-corrected chi connectivity index (χ0v) is 21.2. The number of rotatable bonds is 7. The molecule has 1 saturated heterocycles. The first-order valence-electron chi connectivity index (χ1n) is 10.5. The van der Waals surface area contributed by atoms with Crippen molar-refractivity contribution >= 4 is 62.3 Å². The number of halogens is 1. The van der Waals surface area contributed by atoms with E-state index in [1.54, 1.807) is 42.5 Å². The van der Waals surface area contributed by atoms with Gasteiger partial charge in [-0.25, -0.2) is 0 Å². The number of benzene rings is 3. The summed E-state index contributed by atoms with van der Waals surface area (Å²) in [5, 5.41) is 2.60. The summed E-state index contributed by atoms with van der Waals surface area (Å²) < 4.78 is 31.1. The van der Waals surface area contributed by atoms with Crippen LogP contribution in [-0.2, 0) is 26.3 Å². The lowest BCUT2D eigenvalue weighted by Crippen LogP contribution is -2.27. The molecule has 0 aliphatic carbocycles. The molecule has 1 N–H and O–H groups in total. The van der Waals surface area contributed by atoms with E-state index in [-0.39, 0.29) is 28.0 Å². The van der Waals surface area contributed by atoms with E-state index < -0.39 is 21.3 Å². The van der Waals surface area contributed by atoms with Crippen LogP contribution in [-0.4, -0.2) is 30.4 Å². The lowest BCUT2D eigenvalue weighted by Gasteiger charge is -2.12. The lowest BCUT2D eigenvalue weighted by molar-refractivity contribution is -0.123. The number of carbonyl (C=O) groups is 3. The monoisotopic (exact) mass is 542 g/mol. The number of hydrogen-bond donors (Lipinski definition) is 1. The van der Waals surface area contributed by atoms with E-state index in [0.717, 1.165) is 16.7 Å². The Balaban J connectivity index is 1.56. The van der Waals surface area contributed by atoms with E-state index in [2.05, 4.69) is 5.32 Å². The second kappa shape index (κ2) is 10.6. The van der Waals surface area contributed by atoms with E-state index in [9.17, 15) is 22.8 Å². The summed E-state index contributed by atoms with van der Waals surface area (Å²) in [6.45, 7) is 1.40. The zero-order valence-electron chi connectivity index (χ0n) is 18.8. The number of anilines is 1. The Morgan fingerprint density at radius 2 is 1.78 bits per heavy atom. The highest BCUT2D eigenvalue weighted by Gasteiger charge is 2.35. The minimum atomic E-state index is -4.22. The molecule has 0 unspecified atom stereocenters. The molecular formula is C25H19ClN2O6S2. The van der Waals surface area contributed by atoms with E-state index >= 15 is 0 Å². The number of amides is 3. The third-order valence-corrected chi connectivity index (χ3v) is 7.36. The minimum absolute atomic E-state index is 0.00919. The maximum atomic E-state index is 12.9. The second-order valence-electron chi connectivity index (χ2n) is 7.68. The fourth-order valence-corrected chi connectivity index (χ4v) is 5.34. The van der Waals surface area contributed by atoms with Crippen molar-refractivity contribution in [3.63, 3.8) is 0 Å². The van der Waals surface area contributed by atoms with Crippen LogP contribution in [0.1, 0.15) is 18.1 Å². The molecule has 0 saturated carbocycles. The standard InChI is InChI=1S/C25H19ClN2O6S2/c1-16(29)27-20-9-11-21(12-10-20)36(32,33)34-22-8-3-2-6-18(22)14-23-24(30)28(25(31)35-23)15-17-5-4-7-19(26)13-17/h2-14H,15H2,1H3,(H,27,29)/b23-14-. The average Bonchev–Trinajstić information content (AvgIpc) is 3.07. The van der Waals surface area contributed by atoms with Gasteiger partial charge in [0.05, 0.1) is 11.4 Å². The number of para-hydroxylation sites is 1. The molecule has 0 radical (unpaired) electrons. The molecule has 184 valence electrons. The molecule has 0 atom stereocenters. The number of thioether (sulfide) groups is 1. The van der Waals surface area contributed by atoms with Gasteiger partial charge < -0.3 is 9.50 Å². The number of nitrogens with zero attached hydrogens (tertiary/aromatic N) is 1. The second-order valence-corrected chi connectivity index (χ2v) is 10.7. The molecule has 3 aromatic carbocycles. The quantitative estimate of drug-likeness (QED) is 0.318. The third-order valence-electron chi connectivity index (χ3n) is 4.97. The maximum Gasteiger partial charge on any atom is 0.339 e. The smallest absolute Gasteiger partial charge is 0.339 e. The van der Waals surface area contributed by atoms with Gasteiger partial charge in [-0.2, -0.15) is 8.42 Å². The molecule has 8 nitrogen and oxygen atoms in total. The number of hydrogen-bond acceptors (Lipinski definition) is 7. The van der Waals surface area contributed by atoms with Gasteiger partial charge in [-0.05, 0) is 65.9 Å². The number of nitrogens with one attached hydrogen (secondary N) is 1. The van der Waals surface area contributed by atoms with Gasteiger partial charge in [0.2, 0.25) is 5.91 Å². The van der Waals surface area contributed by atoms with Gasteiger partial charge in [0.1, 0.15) is 10.6 Å². The Morgan fingerprint density at radius 3 is 2.47 bits per heavy atom. The van der Waals surface area contributed by atoms with Crippen LogP contribution in [0.25, 0.3) is 6.08 Å². The minimum Gasteiger partial charge on any atom is -0.378 e. The molecule has 11 heteroatoms. The Morgan fingerprint density at radius 1 is 1.06 bits per heavy atom. The van der Waals surface area contributed by atoms with E-state index in [1.165, 1.54) is 43.3 Å². The normalized spacial score (nSPS) is 14.8. The van der Waals surface area contributed by atoms with Crippen molar-refractivity contribution in [2.75, 3.05) is 5.32 Å². The topological polar surface area (TPSA) is 110 Å². The molecule has 36 heavy (non-hydrogen) atoms. The summed E-state index contributed by atoms with van der Waals surface area (Å²) in [6, 6.07) is 18.6. The van der Waals surface area contributed by atoms with Crippen molar-refractivity contribution in [3.8, 4) is 5.75 Å². The highest BCUT2D eigenvalue weighted by molar-refractivity contribution is 8.18. The van der Waals surface area contributed by atoms with Crippen molar-refractivity contribution in [3.05, 3.63) is 93.9 Å². The van der Waals surface area contributed by atoms with Gasteiger partial charge in [0.15, 0.2) is 0 Å². The molecule has 3 amide bonds. The molecule has 0 bridgehead atoms. The average molecular weight is 543 g/mol. The van der Waals surface area contributed by atoms with Gasteiger partial charge in [-0.15, -0.1) is 0 Å². The summed E-state index contributed by atoms with van der Waals surface area (Å²) in [6.07, 6.45) is 1.42. The molecule has 1 aliphatic rings. The van der Waals surface area contributed by atoms with Crippen molar-refractivity contribution < 1.29 is 27.0 Å². The van der Waals surface area contributed by atoms with Crippen LogP contribution < -0.4 is 9.50 Å². The predicted molar refractivity (Wildman–Crippen MR) is 138 cm³/mol. The molecule has 1 aliphatic heterocycles. The van der Waals surface area contributed by atoms with Crippen molar-refractivity contribution in [1.29, 1.82) is 0 Å². The van der Waals surface area contributed by atoms with Crippen molar-refractivity contribution in [2.24, 2.45) is 0 Å². The Labute approximate surface area is 217 Å². The van der Waals surface area contributed by atoms with Gasteiger partial charge in [-0.1, -0.05) is 41.9 Å². The SMILES string of the molecule is CC(=O)Nc1ccc(S(=O)(=O)Oc2ccccc2/C=C2\SC(=O)N(Cc3cccc(Cl)c3)C2=O)cc1. The van der Waals surface area contributed by atoms with Crippen LogP contribution in [0.3, 0.4) is 0 Å². The molecule has 3 aromatic rings. The molecule has 4 rings (SSSR count). The van der Waals surface area contributed by atoms with Crippen LogP contribution in [0.5, 0.6) is 5.75 Å². The Kier molecular flexibility index (Phi) is 7.48. The Bertz CT molecular complexity index is 1490. The molecule has 0 spiro atoms. The summed E-state index contributed by atoms with van der Waals surface area (Å²) in [4.78, 5) is 37.7. The summed E-state index contributed by atoms with van der Waals surface area (Å²) >= 11 is 6.75. The van der Waals surface area contributed by atoms with Crippen LogP contribution in [0, 0.1) is 0 Å².